The van der Waals surface area contributed by atoms with Crippen molar-refractivity contribution in [1.82, 2.24) is 15.0 Å². The Balaban J connectivity index is 1.02. The molecule has 0 amide bonds. The van der Waals surface area contributed by atoms with Crippen LogP contribution in [0.5, 0.6) is 0 Å². The van der Waals surface area contributed by atoms with Gasteiger partial charge >= 0.3 is 0 Å². The van der Waals surface area contributed by atoms with E-state index in [9.17, 15) is 0 Å². The molecule has 3 nitrogen and oxygen atoms in total. The lowest BCUT2D eigenvalue weighted by Crippen LogP contribution is -2.14. The van der Waals surface area contributed by atoms with Gasteiger partial charge in [0.2, 0.25) is 0 Å². The minimum Gasteiger partial charge on any atom is -0.208 e. The van der Waals surface area contributed by atoms with Gasteiger partial charge < -0.3 is 0 Å². The molecule has 268 valence electrons. The van der Waals surface area contributed by atoms with Crippen molar-refractivity contribution in [3.05, 3.63) is 199 Å². The number of fused-ring (bicyclic) bond motifs is 7. The SMILES string of the molecule is CC1(C)c2ccccc2-c2c(-c3ccc(-c4nc(-c5ccccc5)nc(-c5ccc(-c6c7ccccc7cc7ccc8ccccc8c67)cc5)n4)cc3)cccc21. The minimum absolute atomic E-state index is 0.0494. The van der Waals surface area contributed by atoms with Crippen LogP contribution in [-0.4, -0.2) is 15.0 Å². The van der Waals surface area contributed by atoms with Crippen molar-refractivity contribution in [2.24, 2.45) is 0 Å². The summed E-state index contributed by atoms with van der Waals surface area (Å²) in [5, 5.41) is 7.46. The molecule has 9 aromatic carbocycles. The highest BCUT2D eigenvalue weighted by Gasteiger charge is 2.36. The topological polar surface area (TPSA) is 38.7 Å². The summed E-state index contributed by atoms with van der Waals surface area (Å²) in [6, 6.07) is 67.3. The lowest BCUT2D eigenvalue weighted by Gasteiger charge is -2.21. The van der Waals surface area contributed by atoms with Crippen molar-refractivity contribution in [2.75, 3.05) is 0 Å². The first-order valence-corrected chi connectivity index (χ1v) is 19.6. The zero-order chi connectivity index (χ0) is 38.1. The van der Waals surface area contributed by atoms with E-state index in [-0.39, 0.29) is 5.41 Å². The van der Waals surface area contributed by atoms with Crippen LogP contribution in [0.4, 0.5) is 0 Å². The first-order valence-electron chi connectivity index (χ1n) is 19.6. The van der Waals surface area contributed by atoms with Gasteiger partial charge in [0, 0.05) is 22.1 Å². The van der Waals surface area contributed by atoms with Crippen molar-refractivity contribution in [1.29, 1.82) is 0 Å². The first-order chi connectivity index (χ1) is 28.0. The minimum atomic E-state index is -0.0494. The molecule has 0 fully saturated rings. The second kappa shape index (κ2) is 12.9. The molecule has 0 atom stereocenters. The predicted molar refractivity (Wildman–Crippen MR) is 237 cm³/mol. The van der Waals surface area contributed by atoms with Gasteiger partial charge in [0.05, 0.1) is 0 Å². The molecule has 0 N–H and O–H groups in total. The fourth-order valence-corrected chi connectivity index (χ4v) is 9.07. The fraction of sp³-hybridized carbons (Fsp3) is 0.0556. The number of hydrogen-bond donors (Lipinski definition) is 0. The van der Waals surface area contributed by atoms with Crippen LogP contribution in [0.25, 0.3) is 99.9 Å². The summed E-state index contributed by atoms with van der Waals surface area (Å²) in [5.74, 6) is 1.93. The Hall–Kier alpha value is -7.23. The Bertz CT molecular complexity index is 3180. The Morgan fingerprint density at radius 3 is 1.56 bits per heavy atom. The van der Waals surface area contributed by atoms with Crippen molar-refractivity contribution < 1.29 is 0 Å². The molecule has 0 saturated carbocycles. The molecule has 3 heteroatoms. The smallest absolute Gasteiger partial charge is 0.164 e. The highest BCUT2D eigenvalue weighted by atomic mass is 15.0. The van der Waals surface area contributed by atoms with Gasteiger partial charge in [-0.1, -0.05) is 196 Å². The number of hydrogen-bond acceptors (Lipinski definition) is 3. The molecule has 0 radical (unpaired) electrons. The van der Waals surface area contributed by atoms with E-state index >= 15 is 0 Å². The van der Waals surface area contributed by atoms with Crippen LogP contribution in [-0.2, 0) is 5.41 Å². The monoisotopic (exact) mass is 727 g/mol. The van der Waals surface area contributed by atoms with Crippen molar-refractivity contribution >= 4 is 32.3 Å². The fourth-order valence-electron chi connectivity index (χ4n) is 9.07. The summed E-state index contributed by atoms with van der Waals surface area (Å²) in [6.45, 7) is 4.66. The molecule has 10 aromatic rings. The van der Waals surface area contributed by atoms with E-state index in [4.69, 9.17) is 15.0 Å². The zero-order valence-corrected chi connectivity index (χ0v) is 31.7. The van der Waals surface area contributed by atoms with Crippen LogP contribution in [0.15, 0.2) is 188 Å². The summed E-state index contributed by atoms with van der Waals surface area (Å²) in [7, 11) is 0. The van der Waals surface area contributed by atoms with Crippen LogP contribution in [0.2, 0.25) is 0 Å². The average Bonchev–Trinajstić information content (AvgIpc) is 3.51. The molecule has 11 rings (SSSR count). The molecular formula is C54H37N3. The Morgan fingerprint density at radius 2 is 0.842 bits per heavy atom. The van der Waals surface area contributed by atoms with Crippen LogP contribution in [0.1, 0.15) is 25.0 Å². The van der Waals surface area contributed by atoms with Crippen molar-refractivity contribution in [3.63, 3.8) is 0 Å². The molecule has 57 heavy (non-hydrogen) atoms. The normalized spacial score (nSPS) is 12.9. The third kappa shape index (κ3) is 5.38. The number of aromatic nitrogens is 3. The Morgan fingerprint density at radius 1 is 0.333 bits per heavy atom. The largest absolute Gasteiger partial charge is 0.208 e. The van der Waals surface area contributed by atoms with E-state index in [1.807, 2.05) is 18.2 Å². The van der Waals surface area contributed by atoms with Gasteiger partial charge in [-0.2, -0.15) is 0 Å². The predicted octanol–water partition coefficient (Wildman–Crippen LogP) is 14.0. The molecule has 0 spiro atoms. The lowest BCUT2D eigenvalue weighted by molar-refractivity contribution is 0.660. The standard InChI is InChI=1S/C54H37N3/c1-54(2)46-21-11-10-19-45(46)50-43(20-12-22-47(50)54)35-23-28-38(29-24-35)52-55-51(37-14-4-3-5-15-37)56-53(57-52)39-30-26-36(27-31-39)48-44-18-9-7-16-40(44)33-41-32-25-34-13-6-8-17-42(34)49(41)48/h3-33H,1-2H3. The maximum atomic E-state index is 5.13. The molecule has 1 aromatic heterocycles. The second-order valence-electron chi connectivity index (χ2n) is 15.6. The molecule has 0 aliphatic heterocycles. The third-order valence-electron chi connectivity index (χ3n) is 11.9. The second-order valence-corrected chi connectivity index (χ2v) is 15.6. The van der Waals surface area contributed by atoms with Gasteiger partial charge in [0.1, 0.15) is 0 Å². The molecule has 0 saturated heterocycles. The number of rotatable bonds is 5. The average molecular weight is 728 g/mol. The van der Waals surface area contributed by atoms with Gasteiger partial charge in [-0.05, 0) is 82.9 Å². The van der Waals surface area contributed by atoms with E-state index in [2.05, 4.69) is 184 Å². The van der Waals surface area contributed by atoms with Gasteiger partial charge in [0.15, 0.2) is 17.5 Å². The zero-order valence-electron chi connectivity index (χ0n) is 31.7. The first kappa shape index (κ1) is 33.1. The molecule has 0 bridgehead atoms. The van der Waals surface area contributed by atoms with Gasteiger partial charge in [-0.3, -0.25) is 0 Å². The summed E-state index contributed by atoms with van der Waals surface area (Å²) >= 11 is 0. The maximum Gasteiger partial charge on any atom is 0.164 e. The Kier molecular flexibility index (Phi) is 7.52. The summed E-state index contributed by atoms with van der Waals surface area (Å²) < 4.78 is 0. The van der Waals surface area contributed by atoms with E-state index in [0.717, 1.165) is 22.3 Å². The van der Waals surface area contributed by atoms with Gasteiger partial charge in [-0.15, -0.1) is 0 Å². The van der Waals surface area contributed by atoms with E-state index in [1.54, 1.807) is 0 Å². The quantitative estimate of drug-likeness (QED) is 0.131. The number of nitrogens with zero attached hydrogens (tertiary/aromatic N) is 3. The van der Waals surface area contributed by atoms with Gasteiger partial charge in [0.25, 0.3) is 0 Å². The summed E-state index contributed by atoms with van der Waals surface area (Å²) in [6.07, 6.45) is 0. The van der Waals surface area contributed by atoms with Crippen molar-refractivity contribution in [2.45, 2.75) is 19.3 Å². The lowest BCUT2D eigenvalue weighted by atomic mass is 9.82. The highest BCUT2D eigenvalue weighted by molar-refractivity contribution is 6.22. The molecule has 1 aliphatic carbocycles. The molecule has 1 aliphatic rings. The van der Waals surface area contributed by atoms with E-state index in [1.165, 1.54) is 71.3 Å². The maximum absolute atomic E-state index is 5.13. The molecule has 0 unspecified atom stereocenters. The van der Waals surface area contributed by atoms with E-state index in [0.29, 0.717) is 17.5 Å². The number of benzene rings is 9. The van der Waals surface area contributed by atoms with Gasteiger partial charge in [-0.25, -0.2) is 15.0 Å². The molecule has 1 heterocycles. The Labute approximate surface area is 332 Å². The molecular weight excluding hydrogens is 691 g/mol. The van der Waals surface area contributed by atoms with Crippen LogP contribution >= 0.6 is 0 Å². The van der Waals surface area contributed by atoms with Crippen molar-refractivity contribution in [3.8, 4) is 67.5 Å². The van der Waals surface area contributed by atoms with Crippen LogP contribution in [0.3, 0.4) is 0 Å². The van der Waals surface area contributed by atoms with Crippen LogP contribution < -0.4 is 0 Å². The summed E-state index contributed by atoms with van der Waals surface area (Å²) in [4.78, 5) is 15.2. The third-order valence-corrected chi connectivity index (χ3v) is 11.9. The van der Waals surface area contributed by atoms with E-state index < -0.39 is 0 Å². The van der Waals surface area contributed by atoms with Crippen LogP contribution in [0, 0.1) is 0 Å². The summed E-state index contributed by atoms with van der Waals surface area (Å²) in [5.41, 5.74) is 13.0. The highest BCUT2D eigenvalue weighted by Crippen LogP contribution is 2.52.